The number of thioether (sulfide) groups is 1. The Hall–Kier alpha value is -1.56. The number of rotatable bonds is 3. The highest BCUT2D eigenvalue weighted by Gasteiger charge is 2.15. The summed E-state index contributed by atoms with van der Waals surface area (Å²) in [5.74, 6) is -0.666. The van der Waals surface area contributed by atoms with Gasteiger partial charge in [-0.1, -0.05) is 0 Å². The van der Waals surface area contributed by atoms with Gasteiger partial charge in [-0.25, -0.2) is 0 Å². The normalized spacial score (nSPS) is 9.79. The summed E-state index contributed by atoms with van der Waals surface area (Å²) in [6.45, 7) is 0. The molecule has 0 saturated heterocycles. The molecule has 14 heavy (non-hydrogen) atoms. The number of nitro benzene ring substituents is 1. The molecule has 0 radical (unpaired) electrons. The third kappa shape index (κ3) is 2.02. The smallest absolute Gasteiger partial charge is 0.283 e. The zero-order chi connectivity index (χ0) is 10.7. The summed E-state index contributed by atoms with van der Waals surface area (Å²) in [5.41, 5.74) is 5.06. The minimum absolute atomic E-state index is 0.0891. The number of carbonyl (C=O) groups is 1. The van der Waals surface area contributed by atoms with Crippen molar-refractivity contribution in [1.29, 1.82) is 0 Å². The van der Waals surface area contributed by atoms with Crippen LogP contribution < -0.4 is 5.73 Å². The molecule has 1 aromatic rings. The molecule has 0 aliphatic rings. The van der Waals surface area contributed by atoms with Gasteiger partial charge in [-0.2, -0.15) is 0 Å². The van der Waals surface area contributed by atoms with Crippen LogP contribution in [0.2, 0.25) is 0 Å². The molecule has 2 N–H and O–H groups in total. The largest absolute Gasteiger partial charge is 0.366 e. The van der Waals surface area contributed by atoms with Crippen molar-refractivity contribution in [2.75, 3.05) is 6.26 Å². The summed E-state index contributed by atoms with van der Waals surface area (Å²) in [6.07, 6.45) is 1.73. The maximum atomic E-state index is 10.8. The zero-order valence-corrected chi connectivity index (χ0v) is 8.21. The molecule has 1 aromatic carbocycles. The van der Waals surface area contributed by atoms with Crippen LogP contribution >= 0.6 is 11.8 Å². The number of nitro groups is 1. The van der Waals surface area contributed by atoms with E-state index in [0.717, 1.165) is 0 Å². The molecule has 0 saturated carbocycles. The minimum Gasteiger partial charge on any atom is -0.366 e. The van der Waals surface area contributed by atoms with Crippen LogP contribution in [-0.2, 0) is 0 Å². The lowest BCUT2D eigenvalue weighted by atomic mass is 10.2. The van der Waals surface area contributed by atoms with Gasteiger partial charge in [0.1, 0.15) is 0 Å². The lowest BCUT2D eigenvalue weighted by molar-refractivity contribution is -0.387. The third-order valence-electron chi connectivity index (χ3n) is 1.66. The van der Waals surface area contributed by atoms with Gasteiger partial charge in [0.2, 0.25) is 5.91 Å². The first-order chi connectivity index (χ1) is 6.56. The Morgan fingerprint density at radius 3 is 2.64 bits per heavy atom. The van der Waals surface area contributed by atoms with E-state index in [2.05, 4.69) is 0 Å². The molecule has 0 fully saturated rings. The number of hydrogen-bond donors (Lipinski definition) is 1. The lowest BCUT2D eigenvalue weighted by Crippen LogP contribution is -2.11. The standard InChI is InChI=1S/C8H8N2O3S/c1-14-7-3-2-5(8(9)11)4-6(7)10(12)13/h2-4H,1H3,(H2,9,11). The molecule has 1 rings (SSSR count). The molecule has 0 bridgehead atoms. The van der Waals surface area contributed by atoms with E-state index in [1.165, 1.54) is 30.0 Å². The van der Waals surface area contributed by atoms with Gasteiger partial charge in [-0.05, 0) is 18.4 Å². The van der Waals surface area contributed by atoms with Crippen molar-refractivity contribution in [3.8, 4) is 0 Å². The molecule has 0 atom stereocenters. The summed E-state index contributed by atoms with van der Waals surface area (Å²) in [5, 5.41) is 10.6. The van der Waals surface area contributed by atoms with Crippen LogP contribution in [0.25, 0.3) is 0 Å². The van der Waals surface area contributed by atoms with E-state index in [1.54, 1.807) is 6.26 Å². The van der Waals surface area contributed by atoms with Gasteiger partial charge in [-0.3, -0.25) is 14.9 Å². The van der Waals surface area contributed by atoms with Gasteiger partial charge < -0.3 is 5.73 Å². The average molecular weight is 212 g/mol. The Morgan fingerprint density at radius 1 is 1.57 bits per heavy atom. The number of primary amides is 1. The highest BCUT2D eigenvalue weighted by atomic mass is 32.2. The van der Waals surface area contributed by atoms with Gasteiger partial charge >= 0.3 is 0 Å². The van der Waals surface area contributed by atoms with Crippen LogP contribution in [0.1, 0.15) is 10.4 Å². The third-order valence-corrected chi connectivity index (χ3v) is 2.45. The Morgan fingerprint density at radius 2 is 2.21 bits per heavy atom. The maximum absolute atomic E-state index is 10.8. The summed E-state index contributed by atoms with van der Waals surface area (Å²) in [4.78, 5) is 21.3. The molecule has 0 aromatic heterocycles. The van der Waals surface area contributed by atoms with Crippen LogP contribution in [-0.4, -0.2) is 17.1 Å². The lowest BCUT2D eigenvalue weighted by Gasteiger charge is -2.00. The van der Waals surface area contributed by atoms with Gasteiger partial charge in [0, 0.05) is 11.6 Å². The van der Waals surface area contributed by atoms with Crippen molar-refractivity contribution in [1.82, 2.24) is 0 Å². The van der Waals surface area contributed by atoms with Gasteiger partial charge in [0.15, 0.2) is 0 Å². The van der Waals surface area contributed by atoms with E-state index < -0.39 is 10.8 Å². The summed E-state index contributed by atoms with van der Waals surface area (Å²) >= 11 is 1.25. The van der Waals surface area contributed by atoms with Crippen LogP contribution in [0.15, 0.2) is 23.1 Å². The highest BCUT2D eigenvalue weighted by Crippen LogP contribution is 2.27. The first-order valence-corrected chi connectivity index (χ1v) is 4.91. The van der Waals surface area contributed by atoms with E-state index in [1.807, 2.05) is 0 Å². The second kappa shape index (κ2) is 4.10. The van der Waals surface area contributed by atoms with Crippen molar-refractivity contribution in [3.05, 3.63) is 33.9 Å². The maximum Gasteiger partial charge on any atom is 0.283 e. The van der Waals surface area contributed by atoms with Crippen molar-refractivity contribution < 1.29 is 9.72 Å². The fourth-order valence-corrected chi connectivity index (χ4v) is 1.53. The number of amides is 1. The molecule has 74 valence electrons. The Labute approximate surface area is 84.4 Å². The molecular formula is C8H8N2O3S. The number of benzene rings is 1. The second-order valence-corrected chi connectivity index (χ2v) is 3.36. The number of carbonyl (C=O) groups excluding carboxylic acids is 1. The topological polar surface area (TPSA) is 86.2 Å². The number of hydrogen-bond acceptors (Lipinski definition) is 4. The van der Waals surface area contributed by atoms with E-state index >= 15 is 0 Å². The van der Waals surface area contributed by atoms with Crippen molar-refractivity contribution in [3.63, 3.8) is 0 Å². The number of nitrogens with zero attached hydrogens (tertiary/aromatic N) is 1. The molecule has 0 aliphatic carbocycles. The second-order valence-electron chi connectivity index (χ2n) is 2.51. The Bertz CT molecular complexity index is 392. The average Bonchev–Trinajstić information content (AvgIpc) is 2.16. The molecule has 0 unspecified atom stereocenters. The van der Waals surface area contributed by atoms with E-state index in [4.69, 9.17) is 5.73 Å². The van der Waals surface area contributed by atoms with E-state index in [-0.39, 0.29) is 11.3 Å². The Balaban J connectivity index is 3.27. The van der Waals surface area contributed by atoms with E-state index in [9.17, 15) is 14.9 Å². The molecule has 0 spiro atoms. The molecule has 5 nitrogen and oxygen atoms in total. The first kappa shape index (κ1) is 10.5. The Kier molecular flexibility index (Phi) is 3.08. The van der Waals surface area contributed by atoms with E-state index in [0.29, 0.717) is 4.90 Å². The molecule has 6 heteroatoms. The highest BCUT2D eigenvalue weighted by molar-refractivity contribution is 7.98. The minimum atomic E-state index is -0.666. The van der Waals surface area contributed by atoms with Gasteiger partial charge in [-0.15, -0.1) is 11.8 Å². The first-order valence-electron chi connectivity index (χ1n) is 3.68. The molecule has 0 heterocycles. The predicted molar refractivity (Wildman–Crippen MR) is 53.4 cm³/mol. The molecule has 0 aliphatic heterocycles. The van der Waals surface area contributed by atoms with Crippen molar-refractivity contribution in [2.45, 2.75) is 4.90 Å². The quantitative estimate of drug-likeness (QED) is 0.466. The monoisotopic (exact) mass is 212 g/mol. The van der Waals surface area contributed by atoms with Gasteiger partial charge in [0.05, 0.1) is 9.82 Å². The number of nitrogens with two attached hydrogens (primary N) is 1. The predicted octanol–water partition coefficient (Wildman–Crippen LogP) is 1.42. The SMILES string of the molecule is CSc1ccc(C(N)=O)cc1[N+](=O)[O-]. The summed E-state index contributed by atoms with van der Waals surface area (Å²) < 4.78 is 0. The van der Waals surface area contributed by atoms with Crippen LogP contribution in [0.3, 0.4) is 0 Å². The van der Waals surface area contributed by atoms with Gasteiger partial charge in [0.25, 0.3) is 5.69 Å². The van der Waals surface area contributed by atoms with Crippen LogP contribution in [0.4, 0.5) is 5.69 Å². The molecular weight excluding hydrogens is 204 g/mol. The zero-order valence-electron chi connectivity index (χ0n) is 7.39. The van der Waals surface area contributed by atoms with Crippen LogP contribution in [0.5, 0.6) is 0 Å². The van der Waals surface area contributed by atoms with Crippen LogP contribution in [0, 0.1) is 10.1 Å². The fourth-order valence-electron chi connectivity index (χ4n) is 0.986. The summed E-state index contributed by atoms with van der Waals surface area (Å²) in [6, 6.07) is 4.18. The van der Waals surface area contributed by atoms with Crippen molar-refractivity contribution in [2.24, 2.45) is 5.73 Å². The molecule has 1 amide bonds. The fraction of sp³-hybridized carbons (Fsp3) is 0.125. The van der Waals surface area contributed by atoms with Crippen molar-refractivity contribution >= 4 is 23.4 Å². The summed E-state index contributed by atoms with van der Waals surface area (Å²) in [7, 11) is 0.